The van der Waals surface area contributed by atoms with Crippen molar-refractivity contribution in [3.8, 4) is 109 Å². The molecule has 20 heterocycles. The number of halogens is 4. The van der Waals surface area contributed by atoms with Crippen LogP contribution in [0.15, 0.2) is 392 Å². The summed E-state index contributed by atoms with van der Waals surface area (Å²) in [5.74, 6) is 7.76. The van der Waals surface area contributed by atoms with Gasteiger partial charge in [0.1, 0.15) is 51.4 Å². The Morgan fingerprint density at radius 3 is 0.770 bits per heavy atom. The average Bonchev–Trinajstić information content (AvgIpc) is 1.81. The van der Waals surface area contributed by atoms with Crippen molar-refractivity contribution in [2.75, 3.05) is 58.4 Å². The zero-order valence-corrected chi connectivity index (χ0v) is 97.1. The monoisotopic (exact) mass is 2780 g/mol. The molecule has 0 atom stereocenters. The molecule has 21 rings (SSSR count). The molecule has 21 aromatic rings. The fourth-order valence-corrected chi connectivity index (χ4v) is 12.5. The van der Waals surface area contributed by atoms with Crippen LogP contribution < -0.4 is 30.2 Å². The Kier molecular flexibility index (Phi) is 61.4. The molecular weight excluding hydrogens is 2660 g/mol. The number of pyridine rings is 12. The molecule has 148 heavy (non-hydrogen) atoms. The van der Waals surface area contributed by atoms with E-state index in [-0.39, 0.29) is 0 Å². The maximum absolute atomic E-state index is 5.13. The van der Waals surface area contributed by atoms with Crippen molar-refractivity contribution in [2.24, 2.45) is 49.3 Å². The maximum atomic E-state index is 5.13. The molecule has 20 aromatic heterocycles. The van der Waals surface area contributed by atoms with E-state index < -0.39 is 0 Å². The average molecular weight is 2780 g/mol. The van der Waals surface area contributed by atoms with Gasteiger partial charge in [0.25, 0.3) is 0 Å². The quantitative estimate of drug-likeness (QED) is 0.0672. The summed E-state index contributed by atoms with van der Waals surface area (Å²) in [6.45, 7) is 3.32. The minimum absolute atomic E-state index is 0.759. The molecule has 34 nitrogen and oxygen atoms in total. The van der Waals surface area contributed by atoms with Gasteiger partial charge >= 0.3 is 109 Å². The second-order valence-corrected chi connectivity index (χ2v) is 29.7. The van der Waals surface area contributed by atoms with Crippen LogP contribution in [0, 0.1) is 0 Å². The Hall–Kier alpha value is -14.5. The molecule has 0 spiro atoms. The summed E-state index contributed by atoms with van der Waals surface area (Å²) in [7, 11) is 42.9. The fraction of sp³-hybridized carbons (Fsp3) is 0.170. The molecule has 42 heteroatoms. The number of aromatic nitrogens is 28. The number of ether oxygens (including phenoxy) is 3. The number of unbranched alkanes of at least 4 members (excludes halogenated alkanes) is 2. The van der Waals surface area contributed by atoms with Crippen molar-refractivity contribution >= 4 is 66.6 Å². The van der Waals surface area contributed by atoms with Crippen molar-refractivity contribution in [1.82, 2.24) is 136 Å². The van der Waals surface area contributed by atoms with E-state index in [9.17, 15) is 0 Å². The van der Waals surface area contributed by atoms with Gasteiger partial charge < -0.3 is 66.7 Å². The first-order chi connectivity index (χ1) is 72.6. The summed E-state index contributed by atoms with van der Waals surface area (Å²) in [5, 5.41) is 9.15. The van der Waals surface area contributed by atoms with E-state index in [1.807, 2.05) is 316 Å². The molecule has 0 fully saturated rings. The van der Waals surface area contributed by atoms with Crippen LogP contribution in [-0.4, -0.2) is 179 Å². The normalized spacial score (nSPS) is 9.53. The van der Waals surface area contributed by atoms with E-state index in [0.717, 1.165) is 138 Å². The third kappa shape index (κ3) is 44.0. The number of nitrogens with one attached hydrogen (secondary N) is 3. The van der Waals surface area contributed by atoms with Crippen LogP contribution in [0.1, 0.15) is 26.2 Å². The van der Waals surface area contributed by atoms with E-state index in [0.29, 0.717) is 0 Å². The molecule has 0 saturated carbocycles. The van der Waals surface area contributed by atoms with Crippen molar-refractivity contribution in [2.45, 2.75) is 32.7 Å². The molecule has 0 unspecified atom stereocenters. The number of benzene rings is 1. The Balaban J connectivity index is 0.000000246. The second kappa shape index (κ2) is 74.4. The van der Waals surface area contributed by atoms with Gasteiger partial charge in [0.2, 0.25) is 0 Å². The zero-order chi connectivity index (χ0) is 107. The molecule has 0 bridgehead atoms. The number of nitrogens with zero attached hydrogens (tertiary/aromatic N) is 28. The third-order valence-electron chi connectivity index (χ3n) is 19.9. The molecule has 0 aliphatic heterocycles. The van der Waals surface area contributed by atoms with Crippen molar-refractivity contribution < 1.29 is 84.6 Å². The number of fused-ring (bicyclic) bond motifs is 1. The van der Waals surface area contributed by atoms with Gasteiger partial charge in [0.05, 0.1) is 67.8 Å². The Morgan fingerprint density at radius 2 is 0.527 bits per heavy atom. The number of anilines is 3. The van der Waals surface area contributed by atoms with Crippen LogP contribution in [-0.2, 0) is 126 Å². The van der Waals surface area contributed by atoms with Crippen molar-refractivity contribution in [3.63, 3.8) is 0 Å². The van der Waals surface area contributed by atoms with Crippen LogP contribution in [0.4, 0.5) is 17.1 Å². The molecule has 0 aliphatic rings. The molecule has 0 aliphatic carbocycles. The number of methoxy groups -OCH3 is 3. The van der Waals surface area contributed by atoms with E-state index in [1.165, 1.54) is 95.2 Å². The van der Waals surface area contributed by atoms with E-state index in [1.54, 1.807) is 182 Å². The minimum atomic E-state index is 0.759. The van der Waals surface area contributed by atoms with E-state index in [2.05, 4.69) is 184 Å². The van der Waals surface area contributed by atoms with Gasteiger partial charge in [-0.3, -0.25) is 59.8 Å². The molecule has 774 valence electrons. The first-order valence-electron chi connectivity index (χ1n) is 45.1. The van der Waals surface area contributed by atoms with E-state index >= 15 is 0 Å². The standard InChI is InChI=1S/C12H14N4.C12H12N2O2.C12H16N2.6C9H9N3.C6H8N2.C6H7NO.C4H6N2.4ClH.4Os/c1-13-9-3-5-15-11(7-9)12-8-10(14-2)4-6-16-12;1-15-9-3-5-13-11(7-9)12-8-10(16-2)4-6-14-12;1-2-3-6-9-14-10-13-11-7-4-5-8-12(11)14;6*1-12-7-6-11-9(12)8-4-2-3-5-10-8;1-7-6-2-4-8-5-3-6;1-8-6-2-4-7-5-3-6;1-6-3-2-5-4-6;;;;;;;;/h3-8H,1-2H3,(H,13,15)(H,14,16);3-8H,1-2H3;4-5,7-8,10H,2-3,6,9H2,1H3;6*2-7H,1H3;2-5H,1H3,(H,7,8);2-5H,1H3;2-4H,1H3;4*1H;;;;/q;;;;;;;;;;;;;;;;4*+1/p-4. The number of rotatable bonds is 18. The fourth-order valence-electron chi connectivity index (χ4n) is 12.5. The topological polar surface area (TPSA) is 361 Å². The Bertz CT molecular complexity index is 6130. The molecule has 3 N–H and O–H groups in total. The second-order valence-electron chi connectivity index (χ2n) is 29.7. The number of hydrogen-bond donors (Lipinski definition) is 3. The third-order valence-corrected chi connectivity index (χ3v) is 19.9. The van der Waals surface area contributed by atoms with E-state index in [4.69, 9.17) is 14.2 Å². The zero-order valence-electron chi connectivity index (χ0n) is 84.0. The summed E-state index contributed by atoms with van der Waals surface area (Å²) < 4.78 is 31.0. The summed E-state index contributed by atoms with van der Waals surface area (Å²) in [5.41, 5.74) is 14.2. The summed E-state index contributed by atoms with van der Waals surface area (Å²) in [4.78, 5) is 83.2. The molecular formula is C106H117Cl4N31O3Os4. The number of para-hydroxylation sites is 2. The molecule has 0 amide bonds. The van der Waals surface area contributed by atoms with Crippen LogP contribution >= 0.6 is 38.6 Å². The van der Waals surface area contributed by atoms with Crippen LogP contribution in [0.3, 0.4) is 0 Å². The number of hydrogen-bond acceptors (Lipinski definition) is 26. The van der Waals surface area contributed by atoms with Gasteiger partial charge in [-0.25, -0.2) is 39.9 Å². The van der Waals surface area contributed by atoms with Gasteiger partial charge in [0, 0.05) is 280 Å². The Labute approximate surface area is 921 Å². The number of imidazole rings is 8. The van der Waals surface area contributed by atoms with Crippen molar-refractivity contribution in [3.05, 3.63) is 392 Å². The summed E-state index contributed by atoms with van der Waals surface area (Å²) >= 11 is 5.33. The first kappa shape index (κ1) is 122. The van der Waals surface area contributed by atoms with Gasteiger partial charge in [-0.05, 0) is 152 Å². The molecule has 0 saturated heterocycles. The number of aryl methyl sites for hydroxylation is 8. The SMILES string of the molecule is CCCCCn1cnc2ccccc21.CNc1ccnc(-c2cc(NC)ccn2)c1.CNc1ccncc1.COc1ccnc(-c2cc(OC)ccn2)c1.COc1ccncc1.Cn1ccnc1.Cn1ccnc1-c1ccccn1.Cn1ccnc1-c1ccccn1.Cn1ccnc1-c1ccccn1.Cn1ccnc1-c1ccccn1.Cn1ccnc1-c1ccccn1.Cn1ccnc1-c1ccccn1.[Cl][Os].[Cl][Os].[Cl][Os].[Cl][Os]. The predicted octanol–water partition coefficient (Wildman–Crippen LogP) is 21.9. The Morgan fingerprint density at radius 1 is 0.250 bits per heavy atom. The predicted molar refractivity (Wildman–Crippen MR) is 576 cm³/mol. The first-order valence-corrected chi connectivity index (χ1v) is 57.7. The summed E-state index contributed by atoms with van der Waals surface area (Å²) in [6.07, 6.45) is 57.6. The van der Waals surface area contributed by atoms with Gasteiger partial charge in [0.15, 0.2) is 34.9 Å². The van der Waals surface area contributed by atoms with Crippen molar-refractivity contribution in [1.29, 1.82) is 0 Å². The molecule has 0 radical (unpaired) electrons. The summed E-state index contributed by atoms with van der Waals surface area (Å²) in [6, 6.07) is 65.6. The van der Waals surface area contributed by atoms with Gasteiger partial charge in [-0.2, -0.15) is 0 Å². The van der Waals surface area contributed by atoms with Gasteiger partial charge in [-0.1, -0.05) is 68.3 Å². The van der Waals surface area contributed by atoms with Crippen LogP contribution in [0.5, 0.6) is 17.2 Å². The molecule has 1 aromatic carbocycles. The van der Waals surface area contributed by atoms with Crippen LogP contribution in [0.25, 0.3) is 103 Å². The van der Waals surface area contributed by atoms with Crippen LogP contribution in [0.2, 0.25) is 0 Å². The van der Waals surface area contributed by atoms with Gasteiger partial charge in [-0.15, -0.1) is 0 Å².